The molecule has 91 heavy (non-hydrogen) atoms. The second-order valence-corrected chi connectivity index (χ2v) is 28.7. The normalized spacial score (nSPS) is 14.2. The minimum Gasteiger partial charge on any atom is -0.462 e. The third kappa shape index (κ3) is 66.0. The summed E-state index contributed by atoms with van der Waals surface area (Å²) in [5.74, 6) is -1.35. The fourth-order valence-corrected chi connectivity index (χ4v) is 12.0. The van der Waals surface area contributed by atoms with Gasteiger partial charge in [-0.2, -0.15) is 0 Å². The number of allylic oxidation sites excluding steroid dienone is 4. The molecular weight excluding hydrogens is 1200 g/mol. The second-order valence-electron chi connectivity index (χ2n) is 25.8. The summed E-state index contributed by atoms with van der Waals surface area (Å²) >= 11 is 0. The SMILES string of the molecule is CCCCCC/C=C\C=C/CCCCCCCC(=O)OC[C@H](COP(=O)(O)OC[C@@H](O)COP(=O)(O)OC[C@@H](COC(=O)CCCCCCC)OC(=O)CCCCCCCCCCCCCC)OC(=O)CCCCCCCCCCCCCCCCCCC(C)C. The summed E-state index contributed by atoms with van der Waals surface area (Å²) in [6.07, 6.45) is 55.3. The van der Waals surface area contributed by atoms with Crippen LogP contribution in [0.3, 0.4) is 0 Å². The predicted octanol–water partition coefficient (Wildman–Crippen LogP) is 20.5. The van der Waals surface area contributed by atoms with E-state index >= 15 is 0 Å². The van der Waals surface area contributed by atoms with Crippen molar-refractivity contribution in [2.45, 2.75) is 368 Å². The zero-order valence-electron chi connectivity index (χ0n) is 58.5. The number of phosphoric acid groups is 2. The van der Waals surface area contributed by atoms with Crippen LogP contribution in [0.1, 0.15) is 349 Å². The highest BCUT2D eigenvalue weighted by atomic mass is 31.2. The lowest BCUT2D eigenvalue weighted by molar-refractivity contribution is -0.161. The van der Waals surface area contributed by atoms with Crippen LogP contribution < -0.4 is 0 Å². The van der Waals surface area contributed by atoms with E-state index in [-0.39, 0.29) is 25.7 Å². The Morgan fingerprint density at radius 1 is 0.341 bits per heavy atom. The van der Waals surface area contributed by atoms with Crippen molar-refractivity contribution in [1.29, 1.82) is 0 Å². The molecule has 2 unspecified atom stereocenters. The van der Waals surface area contributed by atoms with E-state index in [4.69, 9.17) is 37.0 Å². The third-order valence-electron chi connectivity index (χ3n) is 16.2. The number of aliphatic hydroxyl groups is 1. The Morgan fingerprint density at radius 3 is 0.901 bits per heavy atom. The van der Waals surface area contributed by atoms with Gasteiger partial charge >= 0.3 is 39.5 Å². The first-order valence-corrected chi connectivity index (χ1v) is 39.9. The van der Waals surface area contributed by atoms with E-state index in [9.17, 15) is 43.2 Å². The van der Waals surface area contributed by atoms with Gasteiger partial charge in [-0.05, 0) is 57.3 Å². The van der Waals surface area contributed by atoms with E-state index in [1.54, 1.807) is 0 Å². The van der Waals surface area contributed by atoms with Crippen molar-refractivity contribution in [3.63, 3.8) is 0 Å². The molecule has 3 N–H and O–H groups in total. The van der Waals surface area contributed by atoms with Gasteiger partial charge in [0, 0.05) is 25.7 Å². The molecule has 536 valence electrons. The fraction of sp³-hybridized carbons (Fsp3) is 0.889. The molecule has 0 saturated carbocycles. The van der Waals surface area contributed by atoms with Crippen LogP contribution in [0.15, 0.2) is 24.3 Å². The van der Waals surface area contributed by atoms with Crippen LogP contribution in [-0.2, 0) is 65.4 Å². The molecule has 0 amide bonds. The monoisotopic (exact) mass is 1330 g/mol. The van der Waals surface area contributed by atoms with Gasteiger partial charge in [0.05, 0.1) is 26.4 Å². The molecular formula is C72H136O17P2. The minimum absolute atomic E-state index is 0.101. The molecule has 17 nitrogen and oxygen atoms in total. The summed E-state index contributed by atoms with van der Waals surface area (Å²) in [6, 6.07) is 0. The summed E-state index contributed by atoms with van der Waals surface area (Å²) in [5.41, 5.74) is 0. The van der Waals surface area contributed by atoms with Gasteiger partial charge in [0.1, 0.15) is 19.3 Å². The number of carbonyl (C=O) groups excluding carboxylic acids is 4. The Bertz CT molecular complexity index is 1850. The number of unbranched alkanes of at least 4 members (excludes halogenated alkanes) is 39. The summed E-state index contributed by atoms with van der Waals surface area (Å²) < 4.78 is 68.1. The van der Waals surface area contributed by atoms with Crippen molar-refractivity contribution in [2.24, 2.45) is 5.92 Å². The quantitative estimate of drug-likeness (QED) is 0.0169. The lowest BCUT2D eigenvalue weighted by atomic mass is 10.0. The predicted molar refractivity (Wildman–Crippen MR) is 368 cm³/mol. The Balaban J connectivity index is 5.18. The molecule has 0 bridgehead atoms. The van der Waals surface area contributed by atoms with Crippen LogP contribution in [0.25, 0.3) is 0 Å². The van der Waals surface area contributed by atoms with Crippen molar-refractivity contribution in [2.75, 3.05) is 39.6 Å². The number of rotatable bonds is 70. The number of hydrogen-bond acceptors (Lipinski definition) is 15. The molecule has 0 radical (unpaired) electrons. The van der Waals surface area contributed by atoms with E-state index in [1.807, 2.05) is 0 Å². The smallest absolute Gasteiger partial charge is 0.462 e. The second kappa shape index (κ2) is 64.9. The summed E-state index contributed by atoms with van der Waals surface area (Å²) in [4.78, 5) is 72.3. The molecule has 0 fully saturated rings. The average molecular weight is 1340 g/mol. The van der Waals surface area contributed by atoms with Gasteiger partial charge in [-0.3, -0.25) is 37.3 Å². The van der Waals surface area contributed by atoms with Crippen LogP contribution >= 0.6 is 15.6 Å². The van der Waals surface area contributed by atoms with Crippen LogP contribution in [-0.4, -0.2) is 96.7 Å². The first kappa shape index (κ1) is 88.5. The van der Waals surface area contributed by atoms with Crippen LogP contribution in [0.4, 0.5) is 0 Å². The molecule has 0 aliphatic rings. The lowest BCUT2D eigenvalue weighted by Crippen LogP contribution is -2.30. The van der Waals surface area contributed by atoms with E-state index < -0.39 is 97.5 Å². The van der Waals surface area contributed by atoms with Crippen molar-refractivity contribution in [3.05, 3.63) is 24.3 Å². The van der Waals surface area contributed by atoms with Gasteiger partial charge < -0.3 is 33.8 Å². The maximum atomic E-state index is 13.0. The Hall–Kier alpha value is -2.46. The van der Waals surface area contributed by atoms with Crippen LogP contribution in [0.5, 0.6) is 0 Å². The van der Waals surface area contributed by atoms with Gasteiger partial charge in [0.2, 0.25) is 0 Å². The Labute approximate surface area is 554 Å². The van der Waals surface area contributed by atoms with Crippen LogP contribution in [0, 0.1) is 5.92 Å². The van der Waals surface area contributed by atoms with Crippen molar-refractivity contribution in [1.82, 2.24) is 0 Å². The molecule has 0 aliphatic carbocycles. The van der Waals surface area contributed by atoms with Gasteiger partial charge in [-0.1, -0.05) is 296 Å². The Morgan fingerprint density at radius 2 is 0.593 bits per heavy atom. The number of carbonyl (C=O) groups is 4. The molecule has 19 heteroatoms. The first-order valence-electron chi connectivity index (χ1n) is 37.0. The van der Waals surface area contributed by atoms with E-state index in [0.717, 1.165) is 121 Å². The zero-order valence-corrected chi connectivity index (χ0v) is 60.3. The summed E-state index contributed by atoms with van der Waals surface area (Å²) in [6.45, 7) is 7.13. The molecule has 0 spiro atoms. The third-order valence-corrected chi connectivity index (χ3v) is 18.1. The van der Waals surface area contributed by atoms with Gasteiger partial charge in [-0.15, -0.1) is 0 Å². The van der Waals surface area contributed by atoms with Crippen LogP contribution in [0.2, 0.25) is 0 Å². The average Bonchev–Trinajstić information content (AvgIpc) is 3.69. The van der Waals surface area contributed by atoms with Crippen molar-refractivity contribution < 1.29 is 80.2 Å². The highest BCUT2D eigenvalue weighted by Gasteiger charge is 2.30. The minimum atomic E-state index is -4.96. The molecule has 0 aliphatic heterocycles. The van der Waals surface area contributed by atoms with Gasteiger partial charge in [-0.25, -0.2) is 9.13 Å². The number of aliphatic hydroxyl groups excluding tert-OH is 1. The summed E-state index contributed by atoms with van der Waals surface area (Å²) in [7, 11) is -9.90. The maximum absolute atomic E-state index is 13.0. The largest absolute Gasteiger partial charge is 0.472 e. The zero-order chi connectivity index (χ0) is 67.0. The lowest BCUT2D eigenvalue weighted by Gasteiger charge is -2.21. The maximum Gasteiger partial charge on any atom is 0.472 e. The van der Waals surface area contributed by atoms with Gasteiger partial charge in [0.25, 0.3) is 0 Å². The van der Waals surface area contributed by atoms with E-state index in [1.165, 1.54) is 148 Å². The van der Waals surface area contributed by atoms with E-state index in [2.05, 4.69) is 58.9 Å². The molecule has 0 aromatic heterocycles. The summed E-state index contributed by atoms with van der Waals surface area (Å²) in [5, 5.41) is 10.6. The standard InChI is InChI=1S/C72H136O17P2/c1-6-9-12-15-17-19-21-23-26-30-34-37-41-46-51-56-70(75)83-62-68(89-72(77)58-53-48-43-39-35-31-28-25-24-27-29-32-36-40-45-49-54-65(4)5)64-87-91(80,81)85-60-66(73)59-84-90(78,79)86-63-67(61-82-69(74)55-50-44-14-11-8-3)88-71(76)57-52-47-42-38-33-22-20-18-16-13-10-7-2/h19,21,23,26,65-68,73H,6-18,20,22,24-25,27-64H2,1-5H3,(H,78,79)(H,80,81)/b21-19-,26-23-/t66-,67+,68+/m0/s1. The highest BCUT2D eigenvalue weighted by molar-refractivity contribution is 7.47. The highest BCUT2D eigenvalue weighted by Crippen LogP contribution is 2.45. The molecule has 0 aromatic rings. The molecule has 0 aromatic carbocycles. The number of phosphoric ester groups is 2. The van der Waals surface area contributed by atoms with Crippen molar-refractivity contribution >= 4 is 39.5 Å². The number of ether oxygens (including phenoxy) is 4. The molecule has 0 rings (SSSR count). The number of hydrogen-bond donors (Lipinski definition) is 3. The Kier molecular flexibility index (Phi) is 63.1. The molecule has 5 atom stereocenters. The topological polar surface area (TPSA) is 237 Å². The van der Waals surface area contributed by atoms with Crippen molar-refractivity contribution in [3.8, 4) is 0 Å². The first-order chi connectivity index (χ1) is 44.0. The number of esters is 4. The fourth-order valence-electron chi connectivity index (χ4n) is 10.5. The molecule has 0 saturated heterocycles. The van der Waals surface area contributed by atoms with E-state index in [0.29, 0.717) is 25.7 Å². The van der Waals surface area contributed by atoms with Gasteiger partial charge in [0.15, 0.2) is 12.2 Å². The molecule has 0 heterocycles.